The van der Waals surface area contributed by atoms with Crippen LogP contribution in [0.4, 0.5) is 4.79 Å². The van der Waals surface area contributed by atoms with Gasteiger partial charge >= 0.3 is 6.09 Å². The maximum atomic E-state index is 13.8. The van der Waals surface area contributed by atoms with E-state index in [-0.39, 0.29) is 18.8 Å². The fourth-order valence-corrected chi connectivity index (χ4v) is 5.90. The van der Waals surface area contributed by atoms with Gasteiger partial charge < -0.3 is 20.5 Å². The van der Waals surface area contributed by atoms with E-state index in [9.17, 15) is 19.5 Å². The number of aromatic nitrogens is 2. The Balaban J connectivity index is 1.41. The molecule has 266 valence electrons. The zero-order valence-corrected chi connectivity index (χ0v) is 29.5. The highest BCUT2D eigenvalue weighted by Gasteiger charge is 2.35. The molecular weight excluding hydrogens is 644 g/mol. The number of rotatable bonds is 13. The van der Waals surface area contributed by atoms with Crippen molar-refractivity contribution in [1.82, 2.24) is 31.0 Å². The largest absolute Gasteiger partial charge is 0.453 e. The minimum absolute atomic E-state index is 0.0457. The van der Waals surface area contributed by atoms with Crippen molar-refractivity contribution in [2.24, 2.45) is 5.41 Å². The Morgan fingerprint density at radius 1 is 0.941 bits per heavy atom. The molecule has 0 aliphatic heterocycles. The van der Waals surface area contributed by atoms with Crippen LogP contribution in [0.2, 0.25) is 0 Å². The van der Waals surface area contributed by atoms with Gasteiger partial charge in [0, 0.05) is 30.2 Å². The monoisotopic (exact) mass is 690 g/mol. The second kappa shape index (κ2) is 17.0. The SMILES string of the molecule is COC(=O)NC(C(=O)NN(Cc1ccc(-c2ccccn2)cc1)CC(O)C(CC1=CCCC=C1)NC(=O)c1ccc2ccccc2n1)C(C)(C)C. The lowest BCUT2D eigenvalue weighted by atomic mass is 9.86. The second-order valence-electron chi connectivity index (χ2n) is 13.7. The molecule has 2 aromatic carbocycles. The quantitative estimate of drug-likeness (QED) is 0.130. The molecule has 11 nitrogen and oxygen atoms in total. The lowest BCUT2D eigenvalue weighted by Gasteiger charge is -2.34. The highest BCUT2D eigenvalue weighted by atomic mass is 16.5. The molecule has 4 aromatic rings. The molecule has 51 heavy (non-hydrogen) atoms. The summed E-state index contributed by atoms with van der Waals surface area (Å²) in [4.78, 5) is 48.6. The Labute approximate surface area is 298 Å². The third-order valence-corrected chi connectivity index (χ3v) is 8.68. The number of allylic oxidation sites excluding steroid dienone is 3. The third kappa shape index (κ3) is 10.3. The number of carbonyl (C=O) groups excluding carboxylic acids is 3. The Kier molecular flexibility index (Phi) is 12.3. The summed E-state index contributed by atoms with van der Waals surface area (Å²) >= 11 is 0. The summed E-state index contributed by atoms with van der Waals surface area (Å²) in [6, 6.07) is 22.9. The molecule has 3 atom stereocenters. The van der Waals surface area contributed by atoms with E-state index in [4.69, 9.17) is 4.74 Å². The molecule has 0 radical (unpaired) electrons. The Hall–Kier alpha value is -5.39. The molecule has 3 amide bonds. The molecule has 0 saturated heterocycles. The Morgan fingerprint density at radius 2 is 1.71 bits per heavy atom. The maximum absolute atomic E-state index is 13.8. The van der Waals surface area contributed by atoms with Gasteiger partial charge in [0.15, 0.2) is 0 Å². The number of nitrogens with zero attached hydrogens (tertiary/aromatic N) is 3. The molecule has 0 fully saturated rings. The molecule has 1 aliphatic carbocycles. The highest BCUT2D eigenvalue weighted by Crippen LogP contribution is 2.22. The van der Waals surface area contributed by atoms with Gasteiger partial charge in [-0.1, -0.05) is 99.2 Å². The number of aliphatic hydroxyl groups is 1. The molecule has 5 rings (SSSR count). The number of alkyl carbamates (subject to hydrolysis) is 1. The molecule has 2 heterocycles. The van der Waals surface area contributed by atoms with E-state index >= 15 is 0 Å². The number of aliphatic hydroxyl groups excluding tert-OH is 1. The predicted octanol–water partition coefficient (Wildman–Crippen LogP) is 5.73. The number of para-hydroxylation sites is 1. The van der Waals surface area contributed by atoms with Gasteiger partial charge in [-0.3, -0.25) is 20.0 Å². The number of ether oxygens (including phenoxy) is 1. The molecule has 0 spiro atoms. The summed E-state index contributed by atoms with van der Waals surface area (Å²) < 4.78 is 4.79. The molecule has 0 saturated carbocycles. The predicted molar refractivity (Wildman–Crippen MR) is 197 cm³/mol. The van der Waals surface area contributed by atoms with Crippen LogP contribution in [0.25, 0.3) is 22.2 Å². The van der Waals surface area contributed by atoms with Crippen LogP contribution in [-0.2, 0) is 16.1 Å². The lowest BCUT2D eigenvalue weighted by molar-refractivity contribution is -0.131. The van der Waals surface area contributed by atoms with Crippen molar-refractivity contribution in [3.63, 3.8) is 0 Å². The number of fused-ring (bicyclic) bond motifs is 1. The number of hydrogen-bond acceptors (Lipinski definition) is 8. The first kappa shape index (κ1) is 36.9. The molecule has 3 unspecified atom stereocenters. The molecule has 1 aliphatic rings. The first-order valence-electron chi connectivity index (χ1n) is 17.1. The lowest BCUT2D eigenvalue weighted by Crippen LogP contribution is -2.59. The minimum atomic E-state index is -1.12. The standard InChI is InChI=1S/C40H46N6O5/c1-40(2,3)36(44-39(50)51-4)38(49)45-46(25-28-17-19-30(20-18-28)31-15-10-11-23-41-31)26-35(47)34(24-27-12-6-5-7-13-27)43-37(48)33-22-21-29-14-8-9-16-32(29)42-33/h6,8-23,34-36,47H,5,7,24-26H2,1-4H3,(H,43,48)(H,44,50)(H,45,49). The number of hydrazine groups is 1. The Bertz CT molecular complexity index is 1870. The number of pyridine rings is 2. The van der Waals surface area contributed by atoms with Crippen LogP contribution < -0.4 is 16.1 Å². The first-order valence-corrected chi connectivity index (χ1v) is 17.1. The zero-order valence-electron chi connectivity index (χ0n) is 29.5. The summed E-state index contributed by atoms with van der Waals surface area (Å²) in [5.74, 6) is -0.898. The minimum Gasteiger partial charge on any atom is -0.453 e. The van der Waals surface area contributed by atoms with Crippen molar-refractivity contribution in [3.05, 3.63) is 120 Å². The molecular formula is C40H46N6O5. The van der Waals surface area contributed by atoms with E-state index < -0.39 is 41.5 Å². The fourth-order valence-electron chi connectivity index (χ4n) is 5.90. The van der Waals surface area contributed by atoms with Crippen LogP contribution in [0.1, 0.15) is 56.1 Å². The summed E-state index contributed by atoms with van der Waals surface area (Å²) in [6.45, 7) is 5.67. The van der Waals surface area contributed by atoms with Crippen molar-refractivity contribution in [1.29, 1.82) is 0 Å². The van der Waals surface area contributed by atoms with Crippen LogP contribution >= 0.6 is 0 Å². The molecule has 0 bridgehead atoms. The maximum Gasteiger partial charge on any atom is 0.407 e. The van der Waals surface area contributed by atoms with Gasteiger partial charge in [0.05, 0.1) is 30.5 Å². The van der Waals surface area contributed by atoms with E-state index in [1.807, 2.05) is 99.6 Å². The molecule has 11 heteroatoms. The average molecular weight is 691 g/mol. The van der Waals surface area contributed by atoms with Gasteiger partial charge in [-0.05, 0) is 54.5 Å². The number of amides is 3. The van der Waals surface area contributed by atoms with E-state index in [0.717, 1.165) is 40.6 Å². The van der Waals surface area contributed by atoms with Crippen LogP contribution in [-0.4, -0.2) is 69.8 Å². The van der Waals surface area contributed by atoms with E-state index in [2.05, 4.69) is 38.2 Å². The van der Waals surface area contributed by atoms with Crippen molar-refractivity contribution in [3.8, 4) is 11.3 Å². The third-order valence-electron chi connectivity index (χ3n) is 8.68. The van der Waals surface area contributed by atoms with E-state index in [1.165, 1.54) is 7.11 Å². The molecule has 4 N–H and O–H groups in total. The van der Waals surface area contributed by atoms with Crippen molar-refractivity contribution in [2.75, 3.05) is 13.7 Å². The van der Waals surface area contributed by atoms with Gasteiger partial charge in [-0.15, -0.1) is 0 Å². The van der Waals surface area contributed by atoms with Gasteiger partial charge in [0.1, 0.15) is 11.7 Å². The van der Waals surface area contributed by atoms with Crippen LogP contribution in [0.5, 0.6) is 0 Å². The first-order chi connectivity index (χ1) is 24.5. The number of benzene rings is 2. The van der Waals surface area contributed by atoms with E-state index in [1.54, 1.807) is 17.3 Å². The van der Waals surface area contributed by atoms with Crippen LogP contribution in [0.15, 0.2) is 109 Å². The number of nitrogens with one attached hydrogen (secondary N) is 3. The van der Waals surface area contributed by atoms with Crippen molar-refractivity contribution < 1.29 is 24.2 Å². The summed E-state index contributed by atoms with van der Waals surface area (Å²) in [6.07, 6.45) is 8.24. The fraction of sp³-hybridized carbons (Fsp3) is 0.325. The Morgan fingerprint density at radius 3 is 2.39 bits per heavy atom. The van der Waals surface area contributed by atoms with Crippen LogP contribution in [0, 0.1) is 5.41 Å². The normalized spacial score (nSPS) is 14.7. The van der Waals surface area contributed by atoms with Crippen molar-refractivity contribution >= 4 is 28.8 Å². The average Bonchev–Trinajstić information content (AvgIpc) is 3.13. The van der Waals surface area contributed by atoms with E-state index in [0.29, 0.717) is 11.9 Å². The summed E-state index contributed by atoms with van der Waals surface area (Å²) in [5, 5.41) is 20.1. The number of methoxy groups -OCH3 is 1. The number of hydrogen-bond donors (Lipinski definition) is 4. The van der Waals surface area contributed by atoms with Gasteiger partial charge in [0.2, 0.25) is 0 Å². The summed E-state index contributed by atoms with van der Waals surface area (Å²) in [7, 11) is 1.24. The smallest absolute Gasteiger partial charge is 0.407 e. The highest BCUT2D eigenvalue weighted by molar-refractivity contribution is 5.95. The topological polar surface area (TPSA) is 146 Å². The summed E-state index contributed by atoms with van der Waals surface area (Å²) in [5.41, 5.74) is 6.81. The number of carbonyl (C=O) groups is 3. The van der Waals surface area contributed by atoms with Crippen molar-refractivity contribution in [2.45, 2.75) is 64.8 Å². The van der Waals surface area contributed by atoms with Gasteiger partial charge in [-0.2, -0.15) is 0 Å². The zero-order chi connectivity index (χ0) is 36.4. The second-order valence-corrected chi connectivity index (χ2v) is 13.7. The molecule has 2 aromatic heterocycles. The van der Waals surface area contributed by atoms with Gasteiger partial charge in [-0.25, -0.2) is 14.8 Å². The van der Waals surface area contributed by atoms with Crippen LogP contribution in [0.3, 0.4) is 0 Å². The van der Waals surface area contributed by atoms with Gasteiger partial charge in [0.25, 0.3) is 11.8 Å².